The van der Waals surface area contributed by atoms with Crippen molar-refractivity contribution < 1.29 is 29.0 Å². The van der Waals surface area contributed by atoms with Crippen LogP contribution in [0.4, 0.5) is 5.69 Å². The summed E-state index contributed by atoms with van der Waals surface area (Å²) < 4.78 is 11.0. The number of aromatic nitrogens is 1. The van der Waals surface area contributed by atoms with Gasteiger partial charge in [0.1, 0.15) is 11.5 Å². The maximum absolute atomic E-state index is 13.3. The molecular weight excluding hydrogens is 472 g/mol. The average molecular weight is 501 g/mol. The minimum Gasteiger partial charge on any atom is -0.507 e. The van der Waals surface area contributed by atoms with Crippen LogP contribution in [-0.2, 0) is 14.3 Å². The van der Waals surface area contributed by atoms with E-state index < -0.39 is 23.7 Å². The first-order chi connectivity index (χ1) is 17.7. The number of rotatable bonds is 7. The predicted molar refractivity (Wildman–Crippen MR) is 138 cm³/mol. The third-order valence-electron chi connectivity index (χ3n) is 5.67. The Morgan fingerprint density at radius 2 is 1.59 bits per heavy atom. The molecule has 1 fully saturated rings. The molecule has 0 spiro atoms. The molecule has 3 aromatic rings. The van der Waals surface area contributed by atoms with Crippen LogP contribution in [0, 0.1) is 0 Å². The standard InChI is InChI=1S/C29H28N2O6/c1-17(2)36-23-7-5-6-21(16-23)26(32)24-25(19-12-14-30-15-13-19)31(28(34)27(24)33)22-10-8-20(9-11-22)29(35)37-18(3)4/h5-18,25,32H,1-4H3/b26-24+. The van der Waals surface area contributed by atoms with Crippen LogP contribution in [0.25, 0.3) is 5.76 Å². The number of pyridine rings is 1. The molecule has 1 amide bonds. The minimum absolute atomic E-state index is 0.0545. The van der Waals surface area contributed by atoms with E-state index in [1.165, 1.54) is 17.0 Å². The number of benzene rings is 2. The SMILES string of the molecule is CC(C)OC(=O)c1ccc(N2C(=O)C(=O)/C(=C(/O)c3cccc(OC(C)C)c3)C2c2ccncc2)cc1. The maximum Gasteiger partial charge on any atom is 0.338 e. The van der Waals surface area contributed by atoms with E-state index in [1.54, 1.807) is 74.8 Å². The lowest BCUT2D eigenvalue weighted by molar-refractivity contribution is -0.132. The monoisotopic (exact) mass is 500 g/mol. The van der Waals surface area contributed by atoms with Crippen LogP contribution >= 0.6 is 0 Å². The van der Waals surface area contributed by atoms with E-state index in [-0.39, 0.29) is 23.5 Å². The van der Waals surface area contributed by atoms with Gasteiger partial charge in [-0.15, -0.1) is 0 Å². The van der Waals surface area contributed by atoms with Gasteiger partial charge in [-0.1, -0.05) is 12.1 Å². The molecule has 190 valence electrons. The van der Waals surface area contributed by atoms with Crippen molar-refractivity contribution in [3.05, 3.63) is 95.3 Å². The van der Waals surface area contributed by atoms with Crippen LogP contribution < -0.4 is 9.64 Å². The van der Waals surface area contributed by atoms with Gasteiger partial charge in [-0.2, -0.15) is 0 Å². The van der Waals surface area contributed by atoms with Gasteiger partial charge in [0.15, 0.2) is 0 Å². The number of anilines is 1. The highest BCUT2D eigenvalue weighted by Crippen LogP contribution is 2.42. The number of nitrogens with zero attached hydrogens (tertiary/aromatic N) is 2. The Morgan fingerprint density at radius 3 is 2.22 bits per heavy atom. The quantitative estimate of drug-likeness (QED) is 0.209. The van der Waals surface area contributed by atoms with Gasteiger partial charge in [-0.25, -0.2) is 4.79 Å². The lowest BCUT2D eigenvalue weighted by Gasteiger charge is -2.25. The van der Waals surface area contributed by atoms with E-state index in [9.17, 15) is 19.5 Å². The zero-order valence-corrected chi connectivity index (χ0v) is 21.0. The van der Waals surface area contributed by atoms with E-state index in [2.05, 4.69) is 4.98 Å². The zero-order valence-electron chi connectivity index (χ0n) is 21.0. The van der Waals surface area contributed by atoms with Crippen LogP contribution in [-0.4, -0.2) is 40.0 Å². The second-order valence-electron chi connectivity index (χ2n) is 9.15. The summed E-state index contributed by atoms with van der Waals surface area (Å²) in [5.41, 5.74) is 1.59. The first-order valence-electron chi connectivity index (χ1n) is 12.0. The number of carbonyl (C=O) groups excluding carboxylic acids is 3. The fourth-order valence-electron chi connectivity index (χ4n) is 4.14. The number of carbonyl (C=O) groups is 3. The number of ether oxygens (including phenoxy) is 2. The summed E-state index contributed by atoms with van der Waals surface area (Å²) in [6, 6.07) is 15.4. The molecule has 2 heterocycles. The van der Waals surface area contributed by atoms with Crippen LogP contribution in [0.15, 0.2) is 78.6 Å². The first-order valence-corrected chi connectivity index (χ1v) is 12.0. The Labute approximate surface area is 215 Å². The summed E-state index contributed by atoms with van der Waals surface area (Å²) >= 11 is 0. The summed E-state index contributed by atoms with van der Waals surface area (Å²) in [7, 11) is 0. The van der Waals surface area contributed by atoms with E-state index in [0.29, 0.717) is 28.1 Å². The molecule has 1 atom stereocenters. The van der Waals surface area contributed by atoms with Crippen molar-refractivity contribution in [3.8, 4) is 5.75 Å². The Kier molecular flexibility index (Phi) is 7.38. The lowest BCUT2D eigenvalue weighted by Crippen LogP contribution is -2.29. The third kappa shape index (κ3) is 5.38. The van der Waals surface area contributed by atoms with Crippen molar-refractivity contribution >= 4 is 29.1 Å². The number of amides is 1. The van der Waals surface area contributed by atoms with Gasteiger partial charge in [0, 0.05) is 23.6 Å². The van der Waals surface area contributed by atoms with Gasteiger partial charge in [0.05, 0.1) is 29.4 Å². The molecule has 8 nitrogen and oxygen atoms in total. The number of aliphatic hydroxyl groups is 1. The molecule has 8 heteroatoms. The molecule has 0 radical (unpaired) electrons. The highest BCUT2D eigenvalue weighted by Gasteiger charge is 2.47. The van der Waals surface area contributed by atoms with Crippen molar-refractivity contribution in [2.75, 3.05) is 4.90 Å². The van der Waals surface area contributed by atoms with Crippen molar-refractivity contribution in [3.63, 3.8) is 0 Å². The average Bonchev–Trinajstić information content (AvgIpc) is 3.14. The fraction of sp³-hybridized carbons (Fsp3) is 0.241. The summed E-state index contributed by atoms with van der Waals surface area (Å²) in [5.74, 6) is -1.89. The molecule has 1 N–H and O–H groups in total. The number of hydrogen-bond acceptors (Lipinski definition) is 7. The number of hydrogen-bond donors (Lipinski definition) is 1. The molecule has 2 aromatic carbocycles. The third-order valence-corrected chi connectivity index (χ3v) is 5.67. The Balaban J connectivity index is 1.81. The molecule has 1 aromatic heterocycles. The van der Waals surface area contributed by atoms with Crippen LogP contribution in [0.5, 0.6) is 5.75 Å². The summed E-state index contributed by atoms with van der Waals surface area (Å²) in [4.78, 5) is 44.3. The van der Waals surface area contributed by atoms with Crippen molar-refractivity contribution in [1.82, 2.24) is 4.98 Å². The van der Waals surface area contributed by atoms with E-state index in [1.807, 2.05) is 13.8 Å². The molecule has 1 saturated heterocycles. The molecule has 4 rings (SSSR count). The summed E-state index contributed by atoms with van der Waals surface area (Å²) in [6.45, 7) is 7.28. The maximum atomic E-state index is 13.3. The van der Waals surface area contributed by atoms with E-state index in [4.69, 9.17) is 9.47 Å². The Hall–Kier alpha value is -4.46. The van der Waals surface area contributed by atoms with Gasteiger partial charge in [-0.3, -0.25) is 19.5 Å². The molecule has 0 saturated carbocycles. The van der Waals surface area contributed by atoms with Crippen LogP contribution in [0.3, 0.4) is 0 Å². The summed E-state index contributed by atoms with van der Waals surface area (Å²) in [5, 5.41) is 11.3. The highest BCUT2D eigenvalue weighted by atomic mass is 16.5. The van der Waals surface area contributed by atoms with Crippen LogP contribution in [0.1, 0.15) is 55.2 Å². The zero-order chi connectivity index (χ0) is 26.7. The predicted octanol–water partition coefficient (Wildman–Crippen LogP) is 5.06. The van der Waals surface area contributed by atoms with Crippen molar-refractivity contribution in [2.45, 2.75) is 45.9 Å². The molecule has 0 bridgehead atoms. The minimum atomic E-state index is -0.911. The van der Waals surface area contributed by atoms with Gasteiger partial charge in [0.25, 0.3) is 11.7 Å². The Morgan fingerprint density at radius 1 is 0.919 bits per heavy atom. The van der Waals surface area contributed by atoms with Gasteiger partial charge >= 0.3 is 5.97 Å². The fourth-order valence-corrected chi connectivity index (χ4v) is 4.14. The van der Waals surface area contributed by atoms with Gasteiger partial charge in [0.2, 0.25) is 0 Å². The second-order valence-corrected chi connectivity index (χ2v) is 9.15. The van der Waals surface area contributed by atoms with Gasteiger partial charge < -0.3 is 14.6 Å². The molecule has 0 aliphatic carbocycles. The molecule has 37 heavy (non-hydrogen) atoms. The smallest absolute Gasteiger partial charge is 0.338 e. The Bertz CT molecular complexity index is 1350. The molecule has 1 unspecified atom stereocenters. The number of esters is 1. The van der Waals surface area contributed by atoms with Crippen molar-refractivity contribution in [2.24, 2.45) is 0 Å². The topological polar surface area (TPSA) is 106 Å². The molecule has 1 aliphatic heterocycles. The first kappa shape index (κ1) is 25.6. The summed E-state index contributed by atoms with van der Waals surface area (Å²) in [6.07, 6.45) is 2.75. The van der Waals surface area contributed by atoms with Gasteiger partial charge in [-0.05, 0) is 81.8 Å². The number of aliphatic hydroxyl groups excluding tert-OH is 1. The highest BCUT2D eigenvalue weighted by molar-refractivity contribution is 6.51. The normalized spacial score (nSPS) is 16.9. The number of Topliss-reactive ketones (excluding diaryl/α,β-unsaturated/α-hetero) is 1. The van der Waals surface area contributed by atoms with E-state index >= 15 is 0 Å². The number of ketones is 1. The second kappa shape index (κ2) is 10.7. The van der Waals surface area contributed by atoms with E-state index in [0.717, 1.165) is 0 Å². The lowest BCUT2D eigenvalue weighted by atomic mass is 9.95. The van der Waals surface area contributed by atoms with Crippen molar-refractivity contribution in [1.29, 1.82) is 0 Å². The molecule has 1 aliphatic rings. The molecular formula is C29H28N2O6. The van der Waals surface area contributed by atoms with Crippen LogP contribution in [0.2, 0.25) is 0 Å². The largest absolute Gasteiger partial charge is 0.507 e.